The van der Waals surface area contributed by atoms with Crippen LogP contribution in [0.1, 0.15) is 0 Å². The number of hydrogen-bond acceptors (Lipinski definition) is 11. The predicted octanol–water partition coefficient (Wildman–Crippen LogP) is -4.88. The number of guanidine groups is 2. The van der Waals surface area contributed by atoms with Gasteiger partial charge >= 0.3 is 6.09 Å². The topological polar surface area (TPSA) is 205 Å². The summed E-state index contributed by atoms with van der Waals surface area (Å²) in [5, 5.41) is 33.4. The third kappa shape index (κ3) is 1.65. The number of aliphatic imine (C=N–C) groups is 2. The summed E-state index contributed by atoms with van der Waals surface area (Å²) in [5.41, 5.74) is 14.7. The van der Waals surface area contributed by atoms with Crippen LogP contribution in [0.15, 0.2) is 9.98 Å². The standard InChI is InChI=1S/C10H17N7O5/c11-6-15-5-3(2-22-8(13)19)14-7(12)17-1-4(18)10(20,21)9(5,17)16-6/h3-5,18,20-21H,1-2H2,(H2,12,14)(H2,13,19)(H3,11,15,16)/t3-,4?,5-,9?/m0/s1. The monoisotopic (exact) mass is 315 g/mol. The number of primary amides is 1. The zero-order valence-corrected chi connectivity index (χ0v) is 11.4. The van der Waals surface area contributed by atoms with E-state index in [0.717, 1.165) is 0 Å². The second-order valence-corrected chi connectivity index (χ2v) is 5.39. The van der Waals surface area contributed by atoms with Gasteiger partial charge in [0.1, 0.15) is 24.8 Å². The molecule has 0 aromatic carbocycles. The molecule has 1 spiro atoms. The minimum absolute atomic E-state index is 0.0734. The smallest absolute Gasteiger partial charge is 0.404 e. The van der Waals surface area contributed by atoms with Gasteiger partial charge in [0.05, 0.1) is 6.54 Å². The van der Waals surface area contributed by atoms with E-state index in [1.54, 1.807) is 0 Å². The van der Waals surface area contributed by atoms with Gasteiger partial charge in [-0.1, -0.05) is 0 Å². The van der Waals surface area contributed by atoms with Crippen molar-refractivity contribution in [1.29, 1.82) is 0 Å². The first kappa shape index (κ1) is 14.6. The van der Waals surface area contributed by atoms with E-state index in [4.69, 9.17) is 21.9 Å². The second-order valence-electron chi connectivity index (χ2n) is 5.39. The van der Waals surface area contributed by atoms with Gasteiger partial charge in [-0.15, -0.1) is 0 Å². The highest BCUT2D eigenvalue weighted by molar-refractivity contribution is 5.87. The van der Waals surface area contributed by atoms with Crippen molar-refractivity contribution in [3.63, 3.8) is 0 Å². The summed E-state index contributed by atoms with van der Waals surface area (Å²) in [5.74, 6) is -2.75. The minimum Gasteiger partial charge on any atom is -0.447 e. The molecule has 1 amide bonds. The Bertz CT molecular complexity index is 578. The first-order chi connectivity index (χ1) is 10.2. The zero-order chi connectivity index (χ0) is 16.3. The van der Waals surface area contributed by atoms with Crippen molar-refractivity contribution in [2.45, 2.75) is 29.6 Å². The van der Waals surface area contributed by atoms with E-state index >= 15 is 0 Å². The van der Waals surface area contributed by atoms with Gasteiger partial charge in [0.2, 0.25) is 5.79 Å². The molecule has 12 nitrogen and oxygen atoms in total. The van der Waals surface area contributed by atoms with Crippen molar-refractivity contribution in [1.82, 2.24) is 10.2 Å². The first-order valence-electron chi connectivity index (χ1n) is 6.47. The van der Waals surface area contributed by atoms with Crippen molar-refractivity contribution in [2.75, 3.05) is 13.2 Å². The molecule has 10 N–H and O–H groups in total. The van der Waals surface area contributed by atoms with E-state index in [0.29, 0.717) is 0 Å². The number of ether oxygens (including phenoxy) is 1. The van der Waals surface area contributed by atoms with E-state index in [1.807, 2.05) is 0 Å². The lowest BCUT2D eigenvalue weighted by molar-refractivity contribution is -0.257. The molecule has 22 heavy (non-hydrogen) atoms. The Balaban J connectivity index is 2.04. The molecule has 4 atom stereocenters. The average molecular weight is 315 g/mol. The fourth-order valence-corrected chi connectivity index (χ4v) is 3.22. The van der Waals surface area contributed by atoms with E-state index < -0.39 is 35.7 Å². The largest absolute Gasteiger partial charge is 0.447 e. The number of aliphatic hydroxyl groups excluding tert-OH is 1. The summed E-state index contributed by atoms with van der Waals surface area (Å²) in [6.07, 6.45) is -2.55. The minimum atomic E-state index is -2.60. The van der Waals surface area contributed by atoms with Crippen LogP contribution in [0.2, 0.25) is 0 Å². The van der Waals surface area contributed by atoms with Gasteiger partial charge in [-0.25, -0.2) is 14.8 Å². The summed E-state index contributed by atoms with van der Waals surface area (Å²) in [6.45, 7) is -0.459. The van der Waals surface area contributed by atoms with E-state index in [-0.39, 0.29) is 25.1 Å². The summed E-state index contributed by atoms with van der Waals surface area (Å²) >= 11 is 0. The van der Waals surface area contributed by atoms with Crippen molar-refractivity contribution < 1.29 is 24.9 Å². The number of rotatable bonds is 2. The molecule has 1 saturated heterocycles. The van der Waals surface area contributed by atoms with Crippen molar-refractivity contribution in [3.05, 3.63) is 0 Å². The van der Waals surface area contributed by atoms with Gasteiger partial charge < -0.3 is 47.5 Å². The summed E-state index contributed by atoms with van der Waals surface area (Å²) < 4.78 is 4.71. The van der Waals surface area contributed by atoms with Crippen LogP contribution in [-0.2, 0) is 4.74 Å². The third-order valence-electron chi connectivity index (χ3n) is 4.17. The molecule has 3 aliphatic rings. The van der Waals surface area contributed by atoms with Gasteiger partial charge in [0.15, 0.2) is 17.6 Å². The summed E-state index contributed by atoms with van der Waals surface area (Å²) in [6, 6.07) is -1.80. The Hall–Kier alpha value is -2.31. The number of nitrogens with two attached hydrogens (primary N) is 3. The lowest BCUT2D eigenvalue weighted by atomic mass is 9.86. The maximum absolute atomic E-state index is 10.8. The number of aliphatic hydroxyl groups is 3. The fraction of sp³-hybridized carbons (Fsp3) is 0.700. The highest BCUT2D eigenvalue weighted by Crippen LogP contribution is 2.44. The number of carbonyl (C=O) groups is 1. The van der Waals surface area contributed by atoms with Crippen LogP contribution in [0.5, 0.6) is 0 Å². The predicted molar refractivity (Wildman–Crippen MR) is 72.1 cm³/mol. The second kappa shape index (κ2) is 4.34. The molecule has 0 aromatic heterocycles. The van der Waals surface area contributed by atoms with Gasteiger partial charge in [0, 0.05) is 0 Å². The van der Waals surface area contributed by atoms with E-state index in [2.05, 4.69) is 15.3 Å². The van der Waals surface area contributed by atoms with Crippen LogP contribution in [0.3, 0.4) is 0 Å². The molecule has 1 fully saturated rings. The maximum atomic E-state index is 10.8. The lowest BCUT2D eigenvalue weighted by Crippen LogP contribution is -2.77. The molecule has 2 unspecified atom stereocenters. The highest BCUT2D eigenvalue weighted by atomic mass is 16.5. The van der Waals surface area contributed by atoms with Crippen LogP contribution in [0, 0.1) is 0 Å². The van der Waals surface area contributed by atoms with Crippen LogP contribution in [-0.4, -0.2) is 81.0 Å². The zero-order valence-electron chi connectivity index (χ0n) is 11.4. The van der Waals surface area contributed by atoms with Crippen molar-refractivity contribution in [2.24, 2.45) is 27.2 Å². The molecule has 0 saturated carbocycles. The number of nitrogens with one attached hydrogen (secondary N) is 1. The van der Waals surface area contributed by atoms with Crippen LogP contribution in [0.25, 0.3) is 0 Å². The third-order valence-corrected chi connectivity index (χ3v) is 4.17. The quantitative estimate of drug-likeness (QED) is 0.243. The SMILES string of the molecule is NC(=O)OC[C@@H]1N=C(N)N2CC(O)C(O)(O)C23NC(N)=N[C@@H]13. The molecule has 0 aliphatic carbocycles. The molecular formula is C10H17N7O5. The molecule has 0 bridgehead atoms. The summed E-state index contributed by atoms with van der Waals surface area (Å²) in [7, 11) is 0. The Morgan fingerprint density at radius 2 is 2.14 bits per heavy atom. The van der Waals surface area contributed by atoms with Crippen LogP contribution < -0.4 is 22.5 Å². The van der Waals surface area contributed by atoms with Crippen LogP contribution >= 0.6 is 0 Å². The number of amides is 1. The Morgan fingerprint density at radius 1 is 1.45 bits per heavy atom. The molecule has 3 aliphatic heterocycles. The first-order valence-corrected chi connectivity index (χ1v) is 6.47. The van der Waals surface area contributed by atoms with Gasteiger partial charge in [-0.2, -0.15) is 0 Å². The Labute approximate surface area is 124 Å². The molecule has 0 radical (unpaired) electrons. The lowest BCUT2D eigenvalue weighted by Gasteiger charge is -2.48. The molecule has 122 valence electrons. The normalized spacial score (nSPS) is 38.5. The van der Waals surface area contributed by atoms with Crippen molar-refractivity contribution >= 4 is 18.0 Å². The van der Waals surface area contributed by atoms with Crippen molar-refractivity contribution in [3.8, 4) is 0 Å². The number of carbonyl (C=O) groups excluding carboxylic acids is 1. The molecule has 3 rings (SSSR count). The average Bonchev–Trinajstić information content (AvgIpc) is 2.86. The summed E-state index contributed by atoms with van der Waals surface area (Å²) in [4.78, 5) is 20.3. The number of hydrogen-bond donors (Lipinski definition) is 7. The molecular weight excluding hydrogens is 298 g/mol. The Kier molecular flexibility index (Phi) is 2.89. The molecule has 0 aromatic rings. The van der Waals surface area contributed by atoms with E-state index in [1.165, 1.54) is 4.90 Å². The highest BCUT2D eigenvalue weighted by Gasteiger charge is 2.73. The Morgan fingerprint density at radius 3 is 2.77 bits per heavy atom. The van der Waals surface area contributed by atoms with Crippen LogP contribution in [0.4, 0.5) is 4.79 Å². The number of nitrogens with zero attached hydrogens (tertiary/aromatic N) is 3. The fourth-order valence-electron chi connectivity index (χ4n) is 3.22. The molecule has 12 heteroatoms. The van der Waals surface area contributed by atoms with Gasteiger partial charge in [-0.3, -0.25) is 0 Å². The molecule has 3 heterocycles. The van der Waals surface area contributed by atoms with E-state index in [9.17, 15) is 20.1 Å². The van der Waals surface area contributed by atoms with Gasteiger partial charge in [-0.05, 0) is 0 Å². The van der Waals surface area contributed by atoms with Gasteiger partial charge in [0.25, 0.3) is 0 Å². The maximum Gasteiger partial charge on any atom is 0.404 e.